The first-order valence-corrected chi connectivity index (χ1v) is 12.7. The van der Waals surface area contributed by atoms with Crippen LogP contribution in [0.5, 0.6) is 0 Å². The number of sulfonamides is 1. The third-order valence-corrected chi connectivity index (χ3v) is 8.66. The zero-order valence-corrected chi connectivity index (χ0v) is 18.9. The minimum absolute atomic E-state index is 0.0259. The van der Waals surface area contributed by atoms with Crippen molar-refractivity contribution in [1.82, 2.24) is 4.31 Å². The molecule has 30 heavy (non-hydrogen) atoms. The molecule has 0 bridgehead atoms. The second-order valence-corrected chi connectivity index (χ2v) is 10.8. The zero-order valence-electron chi connectivity index (χ0n) is 17.3. The molecule has 9 heteroatoms. The number of hydrogen-bond acceptors (Lipinski definition) is 5. The second kappa shape index (κ2) is 7.88. The van der Waals surface area contributed by atoms with Crippen LogP contribution in [0.4, 0.5) is 0 Å². The van der Waals surface area contributed by atoms with Crippen molar-refractivity contribution in [2.45, 2.75) is 62.4 Å². The van der Waals surface area contributed by atoms with Crippen molar-refractivity contribution in [2.75, 3.05) is 0 Å². The monoisotopic (exact) mass is 451 g/mol. The Hall–Kier alpha value is -2.07. The maximum Gasteiger partial charge on any atom is 0.294 e. The van der Waals surface area contributed by atoms with E-state index in [4.69, 9.17) is 0 Å². The maximum atomic E-state index is 13.4. The van der Waals surface area contributed by atoms with Gasteiger partial charge in [-0.15, -0.1) is 0 Å². The lowest BCUT2D eigenvalue weighted by molar-refractivity contribution is 0.104. The number of carbonyl (C=O) groups excluding carboxylic acids is 1. The average molecular weight is 452 g/mol. The molecule has 1 aliphatic carbocycles. The number of fused-ring (bicyclic) bond motifs is 3. The van der Waals surface area contributed by atoms with E-state index in [-0.39, 0.29) is 33.0 Å². The van der Waals surface area contributed by atoms with E-state index in [0.29, 0.717) is 24.0 Å². The Kier molecular flexibility index (Phi) is 5.94. The van der Waals surface area contributed by atoms with Gasteiger partial charge in [-0.1, -0.05) is 26.0 Å². The summed E-state index contributed by atoms with van der Waals surface area (Å²) in [4.78, 5) is 12.6. The lowest BCUT2D eigenvalue weighted by Gasteiger charge is -2.32. The topological polar surface area (TPSA) is 109 Å². The number of carbonyl (C=O) groups is 1. The van der Waals surface area contributed by atoms with Gasteiger partial charge >= 0.3 is 0 Å². The summed E-state index contributed by atoms with van der Waals surface area (Å²) in [7, 11) is -8.30. The van der Waals surface area contributed by atoms with E-state index in [1.54, 1.807) is 6.07 Å². The molecule has 162 valence electrons. The van der Waals surface area contributed by atoms with Crippen LogP contribution in [-0.2, 0) is 20.1 Å². The van der Waals surface area contributed by atoms with Crippen LogP contribution in [0.25, 0.3) is 11.1 Å². The summed E-state index contributed by atoms with van der Waals surface area (Å²) in [6.45, 7) is 7.56. The molecule has 2 unspecified atom stereocenters. The largest absolute Gasteiger partial charge is 0.294 e. The first-order chi connectivity index (χ1) is 13.9. The lowest BCUT2D eigenvalue weighted by Crippen LogP contribution is -2.44. The van der Waals surface area contributed by atoms with Crippen LogP contribution >= 0.6 is 0 Å². The molecule has 0 heterocycles. The minimum Gasteiger partial charge on any atom is -0.289 e. The van der Waals surface area contributed by atoms with Crippen molar-refractivity contribution in [3.05, 3.63) is 47.5 Å². The third kappa shape index (κ3) is 3.71. The highest BCUT2D eigenvalue weighted by Gasteiger charge is 2.35. The van der Waals surface area contributed by atoms with E-state index in [9.17, 15) is 26.2 Å². The number of hydrogen-bond donors (Lipinski definition) is 1. The van der Waals surface area contributed by atoms with Gasteiger partial charge in [-0.3, -0.25) is 9.35 Å². The van der Waals surface area contributed by atoms with Crippen molar-refractivity contribution in [1.29, 1.82) is 0 Å². The number of nitrogens with zero attached hydrogens (tertiary/aromatic N) is 1. The Labute approximate surface area is 177 Å². The molecule has 0 spiro atoms. The molecule has 0 radical (unpaired) electrons. The Morgan fingerprint density at radius 2 is 1.23 bits per heavy atom. The Morgan fingerprint density at radius 3 is 1.67 bits per heavy atom. The summed E-state index contributed by atoms with van der Waals surface area (Å²) < 4.78 is 60.4. The number of ketones is 1. The van der Waals surface area contributed by atoms with Crippen molar-refractivity contribution in [3.63, 3.8) is 0 Å². The van der Waals surface area contributed by atoms with Crippen LogP contribution in [0, 0.1) is 0 Å². The molecule has 2 atom stereocenters. The summed E-state index contributed by atoms with van der Waals surface area (Å²) in [6, 6.07) is 7.78. The molecule has 0 saturated carbocycles. The highest BCUT2D eigenvalue weighted by molar-refractivity contribution is 7.89. The van der Waals surface area contributed by atoms with Gasteiger partial charge in [0, 0.05) is 23.2 Å². The number of rotatable bonds is 7. The van der Waals surface area contributed by atoms with Crippen molar-refractivity contribution >= 4 is 25.9 Å². The predicted octanol–water partition coefficient (Wildman–Crippen LogP) is 3.73. The van der Waals surface area contributed by atoms with Crippen LogP contribution in [0.2, 0.25) is 0 Å². The van der Waals surface area contributed by atoms with Gasteiger partial charge in [0.25, 0.3) is 10.1 Å². The predicted molar refractivity (Wildman–Crippen MR) is 114 cm³/mol. The quantitative estimate of drug-likeness (QED) is 0.548. The molecule has 3 rings (SSSR count). The molecule has 2 aromatic carbocycles. The molecule has 0 saturated heterocycles. The minimum atomic E-state index is -4.46. The summed E-state index contributed by atoms with van der Waals surface area (Å²) >= 11 is 0. The fourth-order valence-electron chi connectivity index (χ4n) is 3.75. The fourth-order valence-corrected chi connectivity index (χ4v) is 6.25. The molecule has 1 aliphatic rings. The standard InChI is InChI=1S/C21H25NO6S2/c1-5-13(3)22(14(4)6-2)29(24,25)15-7-9-17-18-10-8-16(30(26,27)28)12-20(18)21(23)19(17)11-15/h7-14H,5-6H2,1-4H3,(H,26,27,28). The van der Waals surface area contributed by atoms with Crippen LogP contribution < -0.4 is 0 Å². The van der Waals surface area contributed by atoms with E-state index < -0.39 is 25.9 Å². The summed E-state index contributed by atoms with van der Waals surface area (Å²) in [6.07, 6.45) is 1.30. The number of benzene rings is 2. The van der Waals surface area contributed by atoms with E-state index in [1.165, 1.54) is 28.6 Å². The van der Waals surface area contributed by atoms with Gasteiger partial charge in [0.05, 0.1) is 9.79 Å². The van der Waals surface area contributed by atoms with Crippen molar-refractivity contribution in [2.24, 2.45) is 0 Å². The first-order valence-electron chi connectivity index (χ1n) is 9.77. The van der Waals surface area contributed by atoms with Gasteiger partial charge in [0.2, 0.25) is 10.0 Å². The molecule has 0 amide bonds. The third-order valence-electron chi connectivity index (χ3n) is 5.69. The second-order valence-electron chi connectivity index (χ2n) is 7.57. The van der Waals surface area contributed by atoms with Crippen LogP contribution in [0.15, 0.2) is 46.2 Å². The van der Waals surface area contributed by atoms with Gasteiger partial charge < -0.3 is 0 Å². The molecule has 0 aromatic heterocycles. The zero-order chi connectivity index (χ0) is 22.4. The van der Waals surface area contributed by atoms with Gasteiger partial charge in [-0.05, 0) is 62.1 Å². The Balaban J connectivity index is 2.11. The molecule has 1 N–H and O–H groups in total. The first kappa shape index (κ1) is 22.6. The molecule has 7 nitrogen and oxygen atoms in total. The van der Waals surface area contributed by atoms with Gasteiger partial charge in [0.1, 0.15) is 0 Å². The highest BCUT2D eigenvalue weighted by atomic mass is 32.2. The Morgan fingerprint density at radius 1 is 0.800 bits per heavy atom. The Bertz CT molecular complexity index is 1210. The molecular weight excluding hydrogens is 426 g/mol. The summed E-state index contributed by atoms with van der Waals surface area (Å²) in [5.41, 5.74) is 1.36. The molecule has 0 fully saturated rings. The van der Waals surface area contributed by atoms with Crippen LogP contribution in [-0.4, -0.2) is 43.6 Å². The normalized spacial score (nSPS) is 15.7. The van der Waals surface area contributed by atoms with E-state index >= 15 is 0 Å². The lowest BCUT2D eigenvalue weighted by atomic mass is 10.1. The summed E-state index contributed by atoms with van der Waals surface area (Å²) in [5.74, 6) is -0.471. The van der Waals surface area contributed by atoms with Crippen LogP contribution in [0.1, 0.15) is 56.5 Å². The molecule has 2 aromatic rings. The highest BCUT2D eigenvalue weighted by Crippen LogP contribution is 2.39. The van der Waals surface area contributed by atoms with Gasteiger partial charge in [-0.25, -0.2) is 8.42 Å². The smallest absolute Gasteiger partial charge is 0.289 e. The summed E-state index contributed by atoms with van der Waals surface area (Å²) in [5, 5.41) is 0. The van der Waals surface area contributed by atoms with Gasteiger partial charge in [-0.2, -0.15) is 12.7 Å². The maximum absolute atomic E-state index is 13.4. The van der Waals surface area contributed by atoms with Gasteiger partial charge in [0.15, 0.2) is 5.78 Å². The molecule has 0 aliphatic heterocycles. The van der Waals surface area contributed by atoms with Crippen molar-refractivity contribution < 1.29 is 26.2 Å². The van der Waals surface area contributed by atoms with E-state index in [0.717, 1.165) is 6.07 Å². The average Bonchev–Trinajstić information content (AvgIpc) is 2.98. The van der Waals surface area contributed by atoms with Crippen LogP contribution in [0.3, 0.4) is 0 Å². The fraction of sp³-hybridized carbons (Fsp3) is 0.381. The molecular formula is C21H25NO6S2. The SMILES string of the molecule is CCC(C)N(C(C)CC)S(=O)(=O)c1ccc2c(c1)C(=O)c1cc(S(=O)(=O)O)ccc1-2. The van der Waals surface area contributed by atoms with Crippen molar-refractivity contribution in [3.8, 4) is 11.1 Å². The van der Waals surface area contributed by atoms with E-state index in [2.05, 4.69) is 0 Å². The van der Waals surface area contributed by atoms with E-state index in [1.807, 2.05) is 27.7 Å².